The number of ether oxygens (including phenoxy) is 1. The van der Waals surface area contributed by atoms with Crippen molar-refractivity contribution in [3.63, 3.8) is 0 Å². The van der Waals surface area contributed by atoms with E-state index in [1.54, 1.807) is 0 Å². The van der Waals surface area contributed by atoms with E-state index in [9.17, 15) is 4.79 Å². The van der Waals surface area contributed by atoms with Crippen molar-refractivity contribution in [2.24, 2.45) is 5.73 Å². The quantitative estimate of drug-likeness (QED) is 0.767. The molecule has 86 valence electrons. The van der Waals surface area contributed by atoms with Gasteiger partial charge in [-0.2, -0.15) is 0 Å². The van der Waals surface area contributed by atoms with Crippen molar-refractivity contribution in [2.45, 2.75) is 45.8 Å². The first-order valence-electron chi connectivity index (χ1n) is 4.53. The second kappa shape index (κ2) is 6.90. The molecule has 0 aromatic rings. The first-order valence-corrected chi connectivity index (χ1v) is 4.53. The Bertz CT molecular complexity index is 167. The van der Waals surface area contributed by atoms with Crippen LogP contribution in [0.5, 0.6) is 0 Å². The van der Waals surface area contributed by atoms with Gasteiger partial charge in [0.1, 0.15) is 5.60 Å². The highest BCUT2D eigenvalue weighted by Crippen LogP contribution is 2.06. The normalized spacial score (nSPS) is 12.6. The number of rotatable bonds is 3. The van der Waals surface area contributed by atoms with Gasteiger partial charge in [0, 0.05) is 12.6 Å². The molecular formula is C9H21ClN2O2. The van der Waals surface area contributed by atoms with E-state index in [4.69, 9.17) is 10.5 Å². The van der Waals surface area contributed by atoms with Crippen molar-refractivity contribution in [1.82, 2.24) is 5.32 Å². The average molecular weight is 225 g/mol. The molecule has 0 fully saturated rings. The van der Waals surface area contributed by atoms with Gasteiger partial charge in [-0.15, -0.1) is 12.4 Å². The molecule has 4 nitrogen and oxygen atoms in total. The topological polar surface area (TPSA) is 64.3 Å². The standard InChI is InChI=1S/C9H20N2O2.ClH/c1-7(10)5-6-11-8(12)13-9(2,3)4;/h7H,5-6,10H2,1-4H3,(H,11,12);1H. The lowest BCUT2D eigenvalue weighted by molar-refractivity contribution is 0.0527. The molecule has 3 N–H and O–H groups in total. The molecule has 1 unspecified atom stereocenters. The van der Waals surface area contributed by atoms with E-state index in [1.807, 2.05) is 27.7 Å². The van der Waals surface area contributed by atoms with Crippen LogP contribution < -0.4 is 11.1 Å². The number of carbonyl (C=O) groups excluding carboxylic acids is 1. The van der Waals surface area contributed by atoms with Gasteiger partial charge in [0.05, 0.1) is 0 Å². The molecule has 0 aliphatic heterocycles. The van der Waals surface area contributed by atoms with E-state index < -0.39 is 5.60 Å². The van der Waals surface area contributed by atoms with Crippen LogP contribution in [-0.2, 0) is 4.74 Å². The summed E-state index contributed by atoms with van der Waals surface area (Å²) in [6.07, 6.45) is 0.382. The van der Waals surface area contributed by atoms with Gasteiger partial charge in [0.15, 0.2) is 0 Å². The Balaban J connectivity index is 0. The molecule has 0 heterocycles. The van der Waals surface area contributed by atoms with Gasteiger partial charge in [-0.25, -0.2) is 4.79 Å². The summed E-state index contributed by atoms with van der Waals surface area (Å²) in [6, 6.07) is 0.106. The number of carbonyl (C=O) groups is 1. The van der Waals surface area contributed by atoms with Crippen LogP contribution in [0.4, 0.5) is 4.79 Å². The van der Waals surface area contributed by atoms with Crippen LogP contribution in [0.25, 0.3) is 0 Å². The zero-order valence-corrected chi connectivity index (χ0v) is 10.1. The van der Waals surface area contributed by atoms with Crippen molar-refractivity contribution in [1.29, 1.82) is 0 Å². The van der Waals surface area contributed by atoms with Gasteiger partial charge >= 0.3 is 6.09 Å². The minimum absolute atomic E-state index is 0. The Kier molecular flexibility index (Phi) is 7.87. The summed E-state index contributed by atoms with van der Waals surface area (Å²) in [6.45, 7) is 7.96. The Morgan fingerprint density at radius 2 is 2.00 bits per heavy atom. The smallest absolute Gasteiger partial charge is 0.407 e. The first-order chi connectivity index (χ1) is 5.81. The molecule has 1 amide bonds. The zero-order valence-electron chi connectivity index (χ0n) is 9.29. The Labute approximate surface area is 92.0 Å². The summed E-state index contributed by atoms with van der Waals surface area (Å²) < 4.78 is 5.03. The number of amides is 1. The van der Waals surface area contributed by atoms with Gasteiger partial charge in [-0.1, -0.05) is 0 Å². The summed E-state index contributed by atoms with van der Waals surface area (Å²) in [7, 11) is 0. The molecule has 0 rings (SSSR count). The van der Waals surface area contributed by atoms with Crippen LogP contribution in [-0.4, -0.2) is 24.3 Å². The molecule has 0 saturated heterocycles. The van der Waals surface area contributed by atoms with E-state index in [0.29, 0.717) is 6.54 Å². The third kappa shape index (κ3) is 11.5. The summed E-state index contributed by atoms with van der Waals surface area (Å²) in [5.41, 5.74) is 5.08. The Hall–Kier alpha value is -0.480. The molecule has 0 aliphatic rings. The summed E-state index contributed by atoms with van der Waals surface area (Å²) in [5, 5.41) is 2.63. The largest absolute Gasteiger partial charge is 0.444 e. The highest BCUT2D eigenvalue weighted by Gasteiger charge is 2.15. The van der Waals surface area contributed by atoms with Crippen molar-refractivity contribution in [2.75, 3.05) is 6.54 Å². The molecule has 0 saturated carbocycles. The molecule has 0 aromatic carbocycles. The van der Waals surface area contributed by atoms with Crippen LogP contribution in [0.3, 0.4) is 0 Å². The van der Waals surface area contributed by atoms with E-state index in [2.05, 4.69) is 5.32 Å². The van der Waals surface area contributed by atoms with Crippen molar-refractivity contribution in [3.8, 4) is 0 Å². The predicted molar refractivity (Wildman–Crippen MR) is 59.8 cm³/mol. The number of nitrogens with one attached hydrogen (secondary N) is 1. The van der Waals surface area contributed by atoms with E-state index in [-0.39, 0.29) is 24.5 Å². The van der Waals surface area contributed by atoms with Crippen LogP contribution in [0.15, 0.2) is 0 Å². The van der Waals surface area contributed by atoms with E-state index in [0.717, 1.165) is 6.42 Å². The van der Waals surface area contributed by atoms with Crippen LogP contribution in [0.2, 0.25) is 0 Å². The molecule has 0 radical (unpaired) electrons. The number of nitrogens with two attached hydrogens (primary N) is 1. The summed E-state index contributed by atoms with van der Waals surface area (Å²) in [4.78, 5) is 11.1. The molecular weight excluding hydrogens is 204 g/mol. The second-order valence-corrected chi connectivity index (χ2v) is 4.19. The van der Waals surface area contributed by atoms with Crippen molar-refractivity contribution < 1.29 is 9.53 Å². The van der Waals surface area contributed by atoms with E-state index >= 15 is 0 Å². The monoisotopic (exact) mass is 224 g/mol. The molecule has 0 aromatic heterocycles. The SMILES string of the molecule is CC(N)CCNC(=O)OC(C)(C)C.Cl. The van der Waals surface area contributed by atoms with Gasteiger partial charge in [-0.05, 0) is 34.1 Å². The van der Waals surface area contributed by atoms with Gasteiger partial charge in [0.25, 0.3) is 0 Å². The summed E-state index contributed by atoms with van der Waals surface area (Å²) in [5.74, 6) is 0. The predicted octanol–water partition coefficient (Wildman–Crippen LogP) is 1.67. The van der Waals surface area contributed by atoms with Gasteiger partial charge in [0.2, 0.25) is 0 Å². The molecule has 0 bridgehead atoms. The second-order valence-electron chi connectivity index (χ2n) is 4.19. The third-order valence-electron chi connectivity index (χ3n) is 1.27. The molecule has 1 atom stereocenters. The van der Waals surface area contributed by atoms with Gasteiger partial charge < -0.3 is 15.8 Å². The zero-order chi connectivity index (χ0) is 10.5. The minimum Gasteiger partial charge on any atom is -0.444 e. The fraction of sp³-hybridized carbons (Fsp3) is 0.889. The van der Waals surface area contributed by atoms with Crippen LogP contribution >= 0.6 is 12.4 Å². The molecule has 5 heteroatoms. The lowest BCUT2D eigenvalue weighted by Crippen LogP contribution is -2.34. The van der Waals surface area contributed by atoms with Crippen molar-refractivity contribution >= 4 is 18.5 Å². The number of halogens is 1. The lowest BCUT2D eigenvalue weighted by Gasteiger charge is -2.19. The maximum Gasteiger partial charge on any atom is 0.407 e. The summed E-state index contributed by atoms with van der Waals surface area (Å²) >= 11 is 0. The highest BCUT2D eigenvalue weighted by atomic mass is 35.5. The maximum atomic E-state index is 11.1. The number of hydrogen-bond acceptors (Lipinski definition) is 3. The van der Waals surface area contributed by atoms with Crippen LogP contribution in [0.1, 0.15) is 34.1 Å². The fourth-order valence-corrected chi connectivity index (χ4v) is 0.716. The molecule has 0 spiro atoms. The van der Waals surface area contributed by atoms with Crippen molar-refractivity contribution in [3.05, 3.63) is 0 Å². The maximum absolute atomic E-state index is 11.1. The first kappa shape index (κ1) is 16.0. The number of alkyl carbamates (subject to hydrolysis) is 1. The highest BCUT2D eigenvalue weighted by molar-refractivity contribution is 5.85. The Morgan fingerprint density at radius 1 is 1.50 bits per heavy atom. The lowest BCUT2D eigenvalue weighted by atomic mass is 10.2. The van der Waals surface area contributed by atoms with Crippen LogP contribution in [0, 0.1) is 0 Å². The minimum atomic E-state index is -0.432. The van der Waals surface area contributed by atoms with E-state index in [1.165, 1.54) is 0 Å². The molecule has 0 aliphatic carbocycles. The third-order valence-corrected chi connectivity index (χ3v) is 1.27. The molecule has 14 heavy (non-hydrogen) atoms. The Morgan fingerprint density at radius 3 is 2.36 bits per heavy atom. The average Bonchev–Trinajstić information content (AvgIpc) is 1.81. The van der Waals surface area contributed by atoms with Gasteiger partial charge in [-0.3, -0.25) is 0 Å². The number of hydrogen-bond donors (Lipinski definition) is 2. The fourth-order valence-electron chi connectivity index (χ4n) is 0.716.